The van der Waals surface area contributed by atoms with Crippen molar-refractivity contribution in [2.45, 2.75) is 25.4 Å². The van der Waals surface area contributed by atoms with Gasteiger partial charge in [0, 0.05) is 32.3 Å². The summed E-state index contributed by atoms with van der Waals surface area (Å²) in [4.78, 5) is 80.6. The Balaban J connectivity index is 1.77. The minimum absolute atomic E-state index is 0.0153. The molecule has 41 heavy (non-hydrogen) atoms. The van der Waals surface area contributed by atoms with E-state index in [4.69, 9.17) is 0 Å². The Morgan fingerprint density at radius 3 is 2.63 bits per heavy atom. The molecular weight excluding hydrogens is 542 g/mol. The average molecular weight is 570 g/mol. The highest BCUT2D eigenvalue weighted by molar-refractivity contribution is 6.00. The molecule has 0 saturated heterocycles. The number of benzene rings is 1. The lowest BCUT2D eigenvalue weighted by Gasteiger charge is -2.16. The Kier molecular flexibility index (Phi) is 9.93. The largest absolute Gasteiger partial charge is 0.469 e. The van der Waals surface area contributed by atoms with E-state index < -0.39 is 40.1 Å². The van der Waals surface area contributed by atoms with Crippen LogP contribution in [-0.2, 0) is 25.6 Å². The number of ether oxygens (including phenoxy) is 2. The van der Waals surface area contributed by atoms with Crippen molar-refractivity contribution in [1.82, 2.24) is 30.2 Å². The van der Waals surface area contributed by atoms with Crippen LogP contribution in [0.4, 0.5) is 17.3 Å². The summed E-state index contributed by atoms with van der Waals surface area (Å²) < 4.78 is 9.19. The number of anilines is 1. The lowest BCUT2D eigenvalue weighted by atomic mass is 10.1. The third-order valence-electron chi connectivity index (χ3n) is 5.43. The number of aromatic nitrogens is 4. The van der Waals surface area contributed by atoms with E-state index in [1.165, 1.54) is 31.8 Å². The van der Waals surface area contributed by atoms with E-state index in [-0.39, 0.29) is 47.7 Å². The molecule has 0 aliphatic carbocycles. The van der Waals surface area contributed by atoms with Crippen molar-refractivity contribution in [3.63, 3.8) is 0 Å². The number of carbonyl (C=O) groups excluding carboxylic acids is 3. The first kappa shape index (κ1) is 30.1. The third-order valence-corrected chi connectivity index (χ3v) is 5.43. The summed E-state index contributed by atoms with van der Waals surface area (Å²) in [6, 6.07) is 2.53. The number of hydrogen-bond donors (Lipinski definition) is 3. The molecular formula is C24H27N9O8. The fourth-order valence-corrected chi connectivity index (χ4v) is 3.43. The Bertz CT molecular complexity index is 1550. The van der Waals surface area contributed by atoms with E-state index in [9.17, 15) is 29.3 Å². The summed E-state index contributed by atoms with van der Waals surface area (Å²) in [5.41, 5.74) is -0.720. The van der Waals surface area contributed by atoms with E-state index >= 15 is 0 Å². The molecule has 0 aliphatic rings. The van der Waals surface area contributed by atoms with Crippen LogP contribution in [0.25, 0.3) is 11.2 Å². The molecule has 216 valence electrons. The fraction of sp³-hybridized carbons (Fsp3) is 0.333. The Labute approximate surface area is 232 Å². The first-order valence-corrected chi connectivity index (χ1v) is 12.0. The Morgan fingerprint density at radius 1 is 1.22 bits per heavy atom. The summed E-state index contributed by atoms with van der Waals surface area (Å²) in [6.45, 7) is 0.0313. The first-order chi connectivity index (χ1) is 19.5. The number of esters is 2. The van der Waals surface area contributed by atoms with Gasteiger partial charge in [0.1, 0.15) is 11.6 Å². The van der Waals surface area contributed by atoms with Crippen molar-refractivity contribution in [2.24, 2.45) is 4.99 Å². The van der Waals surface area contributed by atoms with Gasteiger partial charge >= 0.3 is 11.9 Å². The summed E-state index contributed by atoms with van der Waals surface area (Å²) in [7, 11) is 5.80. The predicted molar refractivity (Wildman–Crippen MR) is 145 cm³/mol. The van der Waals surface area contributed by atoms with Crippen molar-refractivity contribution in [3.8, 4) is 0 Å². The number of carbonyl (C=O) groups is 3. The molecule has 3 rings (SSSR count). The molecule has 17 heteroatoms. The van der Waals surface area contributed by atoms with Crippen LogP contribution in [0.15, 0.2) is 34.2 Å². The SMILES string of the molecule is COC(=O)CCC(NC(=O)c1ccc(NCc2cnc3nc(N=CN(C)C)[nH]c(=O)c3n2)cc1[N+](=O)[O-])C(=O)OC. The normalized spacial score (nSPS) is 11.6. The van der Waals surface area contributed by atoms with Crippen LogP contribution in [0.2, 0.25) is 0 Å². The van der Waals surface area contributed by atoms with Crippen molar-refractivity contribution in [1.29, 1.82) is 0 Å². The molecule has 1 unspecified atom stereocenters. The second-order valence-corrected chi connectivity index (χ2v) is 8.64. The van der Waals surface area contributed by atoms with Gasteiger partial charge in [-0.2, -0.15) is 4.98 Å². The molecule has 2 aromatic heterocycles. The van der Waals surface area contributed by atoms with Crippen LogP contribution in [0.5, 0.6) is 0 Å². The van der Waals surface area contributed by atoms with Gasteiger partial charge in [0.05, 0.1) is 43.9 Å². The molecule has 1 aromatic carbocycles. The number of nitro groups is 1. The molecule has 1 atom stereocenters. The lowest BCUT2D eigenvalue weighted by Crippen LogP contribution is -2.42. The monoisotopic (exact) mass is 569 g/mol. The van der Waals surface area contributed by atoms with Gasteiger partial charge in [-0.25, -0.2) is 19.8 Å². The van der Waals surface area contributed by atoms with Gasteiger partial charge in [-0.15, -0.1) is 0 Å². The van der Waals surface area contributed by atoms with Crippen molar-refractivity contribution in [3.05, 3.63) is 56.1 Å². The van der Waals surface area contributed by atoms with Gasteiger partial charge in [-0.3, -0.25) is 29.5 Å². The lowest BCUT2D eigenvalue weighted by molar-refractivity contribution is -0.385. The third kappa shape index (κ3) is 8.01. The van der Waals surface area contributed by atoms with Gasteiger partial charge < -0.3 is 25.0 Å². The standard InChI is InChI=1S/C24H27N9O8/c1-32(2)12-27-24-30-20-19(22(36)31-24)28-14(11-26-20)10-25-13-5-6-15(17(9-13)33(38)39)21(35)29-16(23(37)41-4)7-8-18(34)40-3/h5-6,9,11-12,16,25H,7-8,10H2,1-4H3,(H,29,35)(H,26,30,31,36). The zero-order valence-electron chi connectivity index (χ0n) is 22.5. The molecule has 2 heterocycles. The zero-order chi connectivity index (χ0) is 30.1. The number of nitrogens with zero attached hydrogens (tertiary/aromatic N) is 6. The number of rotatable bonds is 12. The fourth-order valence-electron chi connectivity index (χ4n) is 3.43. The van der Waals surface area contributed by atoms with Crippen LogP contribution in [0.1, 0.15) is 28.9 Å². The summed E-state index contributed by atoms with van der Waals surface area (Å²) in [5.74, 6) is -2.28. The molecule has 3 aromatic rings. The van der Waals surface area contributed by atoms with Crippen LogP contribution >= 0.6 is 0 Å². The molecule has 0 bridgehead atoms. The molecule has 0 aliphatic heterocycles. The zero-order valence-corrected chi connectivity index (χ0v) is 22.5. The van der Waals surface area contributed by atoms with Gasteiger partial charge in [0.25, 0.3) is 17.2 Å². The quantitative estimate of drug-likeness (QED) is 0.0898. The van der Waals surface area contributed by atoms with Crippen LogP contribution in [-0.4, -0.2) is 88.3 Å². The van der Waals surface area contributed by atoms with Gasteiger partial charge in [-0.1, -0.05) is 0 Å². The van der Waals surface area contributed by atoms with Crippen molar-refractivity contribution < 1.29 is 28.8 Å². The number of amides is 1. The smallest absolute Gasteiger partial charge is 0.328 e. The average Bonchev–Trinajstić information content (AvgIpc) is 2.96. The summed E-state index contributed by atoms with van der Waals surface area (Å²) >= 11 is 0. The highest BCUT2D eigenvalue weighted by Crippen LogP contribution is 2.24. The number of aromatic amines is 1. The summed E-state index contributed by atoms with van der Waals surface area (Å²) in [6.07, 6.45) is 2.53. The topological polar surface area (TPSA) is 224 Å². The van der Waals surface area contributed by atoms with Crippen LogP contribution < -0.4 is 16.2 Å². The number of aliphatic imine (C=N–C) groups is 1. The second kappa shape index (κ2) is 13.5. The minimum atomic E-state index is -1.23. The Morgan fingerprint density at radius 2 is 1.98 bits per heavy atom. The van der Waals surface area contributed by atoms with Crippen LogP contribution in [0.3, 0.4) is 0 Å². The van der Waals surface area contributed by atoms with E-state index in [0.717, 1.165) is 13.2 Å². The maximum absolute atomic E-state index is 12.8. The van der Waals surface area contributed by atoms with E-state index in [0.29, 0.717) is 5.69 Å². The maximum atomic E-state index is 12.8. The number of nitro benzene ring substituents is 1. The molecule has 0 saturated carbocycles. The van der Waals surface area contributed by atoms with Gasteiger partial charge in [-0.05, 0) is 18.6 Å². The molecule has 3 N–H and O–H groups in total. The molecule has 17 nitrogen and oxygen atoms in total. The second-order valence-electron chi connectivity index (χ2n) is 8.64. The first-order valence-electron chi connectivity index (χ1n) is 12.0. The van der Waals surface area contributed by atoms with E-state index in [2.05, 4.69) is 45.0 Å². The molecule has 0 spiro atoms. The summed E-state index contributed by atoms with van der Waals surface area (Å²) in [5, 5.41) is 17.0. The molecule has 0 radical (unpaired) electrons. The number of H-pyrrole nitrogens is 1. The predicted octanol–water partition coefficient (Wildman–Crippen LogP) is 0.679. The number of fused-ring (bicyclic) bond motifs is 1. The van der Waals surface area contributed by atoms with Crippen molar-refractivity contribution >= 4 is 52.7 Å². The molecule has 1 amide bonds. The number of nitrogens with one attached hydrogen (secondary N) is 3. The highest BCUT2D eigenvalue weighted by atomic mass is 16.6. The van der Waals surface area contributed by atoms with Gasteiger partial charge in [0.15, 0.2) is 11.2 Å². The Hall–Kier alpha value is -5.48. The minimum Gasteiger partial charge on any atom is -0.469 e. The number of methoxy groups -OCH3 is 2. The van der Waals surface area contributed by atoms with Gasteiger partial charge in [0.2, 0.25) is 5.95 Å². The number of hydrogen-bond acceptors (Lipinski definition) is 13. The van der Waals surface area contributed by atoms with E-state index in [1.807, 2.05) is 0 Å². The van der Waals surface area contributed by atoms with Crippen molar-refractivity contribution in [2.75, 3.05) is 33.6 Å². The van der Waals surface area contributed by atoms with Crippen LogP contribution in [0, 0.1) is 10.1 Å². The molecule has 0 fully saturated rings. The maximum Gasteiger partial charge on any atom is 0.328 e. The highest BCUT2D eigenvalue weighted by Gasteiger charge is 2.27. The van der Waals surface area contributed by atoms with E-state index in [1.54, 1.807) is 19.0 Å².